The summed E-state index contributed by atoms with van der Waals surface area (Å²) in [5.74, 6) is 0.115. The van der Waals surface area contributed by atoms with Gasteiger partial charge in [0.1, 0.15) is 17.9 Å². The number of benzene rings is 1. The molecule has 110 valence electrons. The van der Waals surface area contributed by atoms with Crippen LogP contribution in [0.1, 0.15) is 16.8 Å². The Morgan fingerprint density at radius 3 is 2.73 bits per heavy atom. The molecule has 0 saturated heterocycles. The van der Waals surface area contributed by atoms with Crippen molar-refractivity contribution in [2.45, 2.75) is 19.0 Å². The van der Waals surface area contributed by atoms with Gasteiger partial charge in [-0.05, 0) is 23.3 Å². The van der Waals surface area contributed by atoms with Gasteiger partial charge >= 0.3 is 0 Å². The summed E-state index contributed by atoms with van der Waals surface area (Å²) in [6.45, 7) is 0.517. The van der Waals surface area contributed by atoms with Gasteiger partial charge in [0.05, 0.1) is 5.02 Å². The van der Waals surface area contributed by atoms with Gasteiger partial charge in [-0.15, -0.1) is 0 Å². The Morgan fingerprint density at radius 2 is 2.05 bits per heavy atom. The number of nitrogens with two attached hydrogens (primary N) is 1. The van der Waals surface area contributed by atoms with Gasteiger partial charge in [0.2, 0.25) is 5.91 Å². The lowest BCUT2D eigenvalue weighted by molar-refractivity contribution is -0.119. The summed E-state index contributed by atoms with van der Waals surface area (Å²) in [6, 6.07) is 12.7. The number of fused-ring (bicyclic) bond motifs is 1. The van der Waals surface area contributed by atoms with Gasteiger partial charge in [0.15, 0.2) is 5.69 Å². The Morgan fingerprint density at radius 1 is 1.32 bits per heavy atom. The fraction of sp³-hybridized carbons (Fsp3) is 0.188. The van der Waals surface area contributed by atoms with Crippen molar-refractivity contribution in [3.63, 3.8) is 0 Å². The third kappa shape index (κ3) is 2.49. The summed E-state index contributed by atoms with van der Waals surface area (Å²) < 4.78 is 0. The van der Waals surface area contributed by atoms with Crippen molar-refractivity contribution in [2.75, 3.05) is 4.90 Å². The van der Waals surface area contributed by atoms with Crippen LogP contribution in [0.2, 0.25) is 5.02 Å². The van der Waals surface area contributed by atoms with Crippen LogP contribution in [0.25, 0.3) is 0 Å². The molecule has 2 aromatic rings. The first-order chi connectivity index (χ1) is 10.6. The molecule has 0 radical (unpaired) electrons. The minimum absolute atomic E-state index is 0.140. The number of rotatable bonds is 2. The van der Waals surface area contributed by atoms with E-state index in [-0.39, 0.29) is 5.69 Å². The predicted molar refractivity (Wildman–Crippen MR) is 83.3 cm³/mol. The van der Waals surface area contributed by atoms with E-state index in [0.29, 0.717) is 23.8 Å². The number of primary amides is 1. The summed E-state index contributed by atoms with van der Waals surface area (Å²) >= 11 is 5.92. The molecule has 0 spiro atoms. The van der Waals surface area contributed by atoms with Crippen LogP contribution >= 0.6 is 11.6 Å². The largest absolute Gasteiger partial charge is 0.368 e. The molecule has 0 unspecified atom stereocenters. The van der Waals surface area contributed by atoms with Crippen LogP contribution in [0.4, 0.5) is 5.82 Å². The zero-order chi connectivity index (χ0) is 15.7. The minimum atomic E-state index is -0.491. The van der Waals surface area contributed by atoms with Gasteiger partial charge in [-0.1, -0.05) is 35.9 Å². The molecule has 6 heteroatoms. The Labute approximate surface area is 132 Å². The maximum atomic E-state index is 11.8. The molecule has 2 heterocycles. The maximum Gasteiger partial charge on any atom is 0.240 e. The summed E-state index contributed by atoms with van der Waals surface area (Å²) in [5.41, 5.74) is 7.92. The van der Waals surface area contributed by atoms with Crippen LogP contribution in [-0.4, -0.2) is 16.9 Å². The summed E-state index contributed by atoms with van der Waals surface area (Å²) in [4.78, 5) is 17.9. The number of nitrogens with zero attached hydrogens (tertiary/aromatic N) is 3. The first kappa shape index (κ1) is 14.4. The van der Waals surface area contributed by atoms with E-state index in [1.54, 1.807) is 12.1 Å². The molecule has 1 aliphatic rings. The SMILES string of the molecule is N#Cc1nc(N2Cc3ccccc3C[C@H]2C(N)=O)ccc1Cl. The minimum Gasteiger partial charge on any atom is -0.368 e. The number of hydrogen-bond donors (Lipinski definition) is 1. The molecule has 1 aromatic carbocycles. The van der Waals surface area contributed by atoms with Crippen molar-refractivity contribution in [2.24, 2.45) is 5.73 Å². The van der Waals surface area contributed by atoms with Crippen molar-refractivity contribution in [3.05, 3.63) is 58.2 Å². The van der Waals surface area contributed by atoms with Crippen LogP contribution < -0.4 is 10.6 Å². The fourth-order valence-corrected chi connectivity index (χ4v) is 2.84. The van der Waals surface area contributed by atoms with Gasteiger partial charge in [0, 0.05) is 13.0 Å². The highest BCUT2D eigenvalue weighted by Gasteiger charge is 2.31. The maximum absolute atomic E-state index is 11.8. The standard InChI is InChI=1S/C16H13ClN4O/c17-12-5-6-15(20-13(12)8-18)21-9-11-4-2-1-3-10(11)7-14(21)16(19)22/h1-6,14H,7,9H2,(H2,19,22)/t14-/m0/s1. The number of amides is 1. The van der Waals surface area contributed by atoms with Crippen LogP contribution in [0, 0.1) is 11.3 Å². The third-order valence-corrected chi connectivity index (χ3v) is 4.11. The number of halogens is 1. The van der Waals surface area contributed by atoms with Gasteiger partial charge < -0.3 is 10.6 Å². The number of hydrogen-bond acceptors (Lipinski definition) is 4. The van der Waals surface area contributed by atoms with Crippen molar-refractivity contribution in [1.29, 1.82) is 5.26 Å². The molecule has 5 nitrogen and oxygen atoms in total. The van der Waals surface area contributed by atoms with E-state index in [1.807, 2.05) is 35.2 Å². The lowest BCUT2D eigenvalue weighted by atomic mass is 9.93. The second-order valence-electron chi connectivity index (χ2n) is 5.13. The van der Waals surface area contributed by atoms with Crippen molar-refractivity contribution < 1.29 is 4.79 Å². The van der Waals surface area contributed by atoms with E-state index in [1.165, 1.54) is 0 Å². The summed E-state index contributed by atoms with van der Waals surface area (Å²) in [6.07, 6.45) is 0.525. The first-order valence-corrected chi connectivity index (χ1v) is 7.17. The highest BCUT2D eigenvalue weighted by molar-refractivity contribution is 6.31. The highest BCUT2D eigenvalue weighted by Crippen LogP contribution is 2.28. The Hall–Kier alpha value is -2.58. The smallest absolute Gasteiger partial charge is 0.240 e. The van der Waals surface area contributed by atoms with E-state index in [9.17, 15) is 4.79 Å². The number of carbonyl (C=O) groups excluding carboxylic acids is 1. The van der Waals surface area contributed by atoms with Crippen LogP contribution in [0.3, 0.4) is 0 Å². The second-order valence-corrected chi connectivity index (χ2v) is 5.54. The molecule has 0 saturated carbocycles. The van der Waals surface area contributed by atoms with E-state index < -0.39 is 11.9 Å². The number of aromatic nitrogens is 1. The Balaban J connectivity index is 2.05. The molecule has 0 aliphatic carbocycles. The second kappa shape index (κ2) is 5.66. The number of nitriles is 1. The quantitative estimate of drug-likeness (QED) is 0.919. The predicted octanol–water partition coefficient (Wildman–Crippen LogP) is 2.02. The van der Waals surface area contributed by atoms with Gasteiger partial charge in [-0.3, -0.25) is 4.79 Å². The number of pyridine rings is 1. The zero-order valence-corrected chi connectivity index (χ0v) is 12.4. The van der Waals surface area contributed by atoms with Crippen LogP contribution in [0.15, 0.2) is 36.4 Å². The van der Waals surface area contributed by atoms with Crippen LogP contribution in [0.5, 0.6) is 0 Å². The number of anilines is 1. The van der Waals surface area contributed by atoms with Crippen molar-refractivity contribution >= 4 is 23.3 Å². The van der Waals surface area contributed by atoms with Crippen molar-refractivity contribution in [3.8, 4) is 6.07 Å². The fourth-order valence-electron chi connectivity index (χ4n) is 2.69. The molecule has 1 aliphatic heterocycles. The average Bonchev–Trinajstić information content (AvgIpc) is 2.54. The number of carbonyl (C=O) groups is 1. The molecule has 1 aromatic heterocycles. The van der Waals surface area contributed by atoms with Crippen molar-refractivity contribution in [1.82, 2.24) is 4.98 Å². The summed E-state index contributed by atoms with van der Waals surface area (Å²) in [5, 5.41) is 9.36. The van der Waals surface area contributed by atoms with E-state index in [0.717, 1.165) is 11.1 Å². The molecule has 3 rings (SSSR count). The third-order valence-electron chi connectivity index (χ3n) is 3.81. The lowest BCUT2D eigenvalue weighted by Gasteiger charge is -2.36. The molecule has 22 heavy (non-hydrogen) atoms. The van der Waals surface area contributed by atoms with E-state index in [2.05, 4.69) is 4.98 Å². The molecule has 1 atom stereocenters. The van der Waals surface area contributed by atoms with E-state index in [4.69, 9.17) is 22.6 Å². The topological polar surface area (TPSA) is 83.0 Å². The van der Waals surface area contributed by atoms with Gasteiger partial charge in [-0.2, -0.15) is 5.26 Å². The van der Waals surface area contributed by atoms with Gasteiger partial charge in [0.25, 0.3) is 0 Å². The monoisotopic (exact) mass is 312 g/mol. The molecule has 1 amide bonds. The normalized spacial score (nSPS) is 16.7. The summed E-state index contributed by atoms with van der Waals surface area (Å²) in [7, 11) is 0. The van der Waals surface area contributed by atoms with E-state index >= 15 is 0 Å². The Kier molecular flexibility index (Phi) is 3.70. The molecular formula is C16H13ClN4O. The first-order valence-electron chi connectivity index (χ1n) is 6.79. The molecule has 2 N–H and O–H groups in total. The lowest BCUT2D eigenvalue weighted by Crippen LogP contribution is -2.49. The van der Waals surface area contributed by atoms with Crippen LogP contribution in [-0.2, 0) is 17.8 Å². The molecule has 0 fully saturated rings. The zero-order valence-electron chi connectivity index (χ0n) is 11.7. The average molecular weight is 313 g/mol. The molecule has 0 bridgehead atoms. The Bertz CT molecular complexity index is 784. The molecular weight excluding hydrogens is 300 g/mol. The highest BCUT2D eigenvalue weighted by atomic mass is 35.5. The van der Waals surface area contributed by atoms with Gasteiger partial charge in [-0.25, -0.2) is 4.98 Å².